The highest BCUT2D eigenvalue weighted by Crippen LogP contribution is 2.27. The van der Waals surface area contributed by atoms with Gasteiger partial charge in [0.1, 0.15) is 5.75 Å². The highest BCUT2D eigenvalue weighted by atomic mass is 16.5. The third-order valence-corrected chi connectivity index (χ3v) is 3.88. The second kappa shape index (κ2) is 8.15. The first-order valence-electron chi connectivity index (χ1n) is 8.42. The van der Waals surface area contributed by atoms with Crippen LogP contribution in [0, 0.1) is 0 Å². The molecule has 0 saturated carbocycles. The van der Waals surface area contributed by atoms with Crippen LogP contribution in [-0.4, -0.2) is 12.5 Å². The molecule has 0 fully saturated rings. The molecule has 3 nitrogen and oxygen atoms in total. The first kappa shape index (κ1) is 16.8. The fraction of sp³-hybridized carbons (Fsp3) is 0.136. The molecule has 0 saturated heterocycles. The van der Waals surface area contributed by atoms with Gasteiger partial charge >= 0.3 is 0 Å². The maximum Gasteiger partial charge on any atom is 0.228 e. The number of nitrogens with one attached hydrogen (secondary N) is 1. The molecule has 0 aliphatic rings. The van der Waals surface area contributed by atoms with Gasteiger partial charge in [-0.2, -0.15) is 0 Å². The topological polar surface area (TPSA) is 38.3 Å². The minimum absolute atomic E-state index is 0.0347. The van der Waals surface area contributed by atoms with Crippen molar-refractivity contribution in [3.8, 4) is 16.9 Å². The number of para-hydroxylation sites is 1. The Hall–Kier alpha value is -3.07. The van der Waals surface area contributed by atoms with Crippen LogP contribution < -0.4 is 10.1 Å². The summed E-state index contributed by atoms with van der Waals surface area (Å²) < 4.78 is 5.43. The molecular formula is C22H21NO2. The molecule has 126 valence electrons. The van der Waals surface area contributed by atoms with Crippen molar-refractivity contribution in [2.45, 2.75) is 13.3 Å². The first-order valence-corrected chi connectivity index (χ1v) is 8.42. The molecule has 3 rings (SSSR count). The van der Waals surface area contributed by atoms with E-state index in [4.69, 9.17) is 4.74 Å². The van der Waals surface area contributed by atoms with Gasteiger partial charge in [-0.1, -0.05) is 60.7 Å². The second-order valence-electron chi connectivity index (χ2n) is 5.71. The molecule has 0 unspecified atom stereocenters. The molecule has 1 amide bonds. The minimum Gasteiger partial charge on any atom is -0.494 e. The molecular weight excluding hydrogens is 310 g/mol. The van der Waals surface area contributed by atoms with E-state index in [2.05, 4.69) is 5.32 Å². The molecule has 0 aliphatic carbocycles. The summed E-state index contributed by atoms with van der Waals surface area (Å²) in [4.78, 5) is 12.4. The zero-order chi connectivity index (χ0) is 17.5. The van der Waals surface area contributed by atoms with Crippen LogP contribution in [0.25, 0.3) is 11.1 Å². The van der Waals surface area contributed by atoms with Crippen LogP contribution in [0.4, 0.5) is 5.69 Å². The van der Waals surface area contributed by atoms with Crippen molar-refractivity contribution in [3.05, 3.63) is 84.4 Å². The molecule has 0 atom stereocenters. The predicted molar refractivity (Wildman–Crippen MR) is 102 cm³/mol. The number of carbonyl (C=O) groups excluding carboxylic acids is 1. The fourth-order valence-corrected chi connectivity index (χ4v) is 2.71. The quantitative estimate of drug-likeness (QED) is 0.695. The van der Waals surface area contributed by atoms with Crippen molar-refractivity contribution in [1.82, 2.24) is 0 Å². The summed E-state index contributed by atoms with van der Waals surface area (Å²) in [6.45, 7) is 2.58. The van der Waals surface area contributed by atoms with Gasteiger partial charge in [-0.25, -0.2) is 0 Å². The normalized spacial score (nSPS) is 10.3. The Labute approximate surface area is 148 Å². The molecule has 0 bridgehead atoms. The lowest BCUT2D eigenvalue weighted by Crippen LogP contribution is -2.15. The monoisotopic (exact) mass is 331 g/mol. The van der Waals surface area contributed by atoms with Crippen molar-refractivity contribution in [1.29, 1.82) is 0 Å². The Kier molecular flexibility index (Phi) is 5.47. The number of ether oxygens (including phenoxy) is 1. The Bertz CT molecular complexity index is 826. The van der Waals surface area contributed by atoms with Crippen molar-refractivity contribution in [2.75, 3.05) is 11.9 Å². The average Bonchev–Trinajstić information content (AvgIpc) is 2.65. The van der Waals surface area contributed by atoms with E-state index >= 15 is 0 Å². The van der Waals surface area contributed by atoms with Gasteiger partial charge in [-0.15, -0.1) is 0 Å². The number of benzene rings is 3. The smallest absolute Gasteiger partial charge is 0.228 e. The van der Waals surface area contributed by atoms with Gasteiger partial charge in [0.2, 0.25) is 5.91 Å². The van der Waals surface area contributed by atoms with Gasteiger partial charge in [0.05, 0.1) is 13.0 Å². The maximum atomic E-state index is 12.4. The van der Waals surface area contributed by atoms with Crippen LogP contribution >= 0.6 is 0 Å². The van der Waals surface area contributed by atoms with E-state index in [9.17, 15) is 4.79 Å². The van der Waals surface area contributed by atoms with E-state index in [1.54, 1.807) is 0 Å². The summed E-state index contributed by atoms with van der Waals surface area (Å²) in [6.07, 6.45) is 0.329. The zero-order valence-corrected chi connectivity index (χ0v) is 14.2. The van der Waals surface area contributed by atoms with Gasteiger partial charge in [0.25, 0.3) is 0 Å². The van der Waals surface area contributed by atoms with Gasteiger partial charge in [-0.3, -0.25) is 4.79 Å². The van der Waals surface area contributed by atoms with E-state index in [1.807, 2.05) is 85.8 Å². The van der Waals surface area contributed by atoms with Crippen molar-refractivity contribution in [3.63, 3.8) is 0 Å². The Balaban J connectivity index is 1.71. The van der Waals surface area contributed by atoms with Crippen LogP contribution in [0.2, 0.25) is 0 Å². The standard InChI is InChI=1S/C22H21NO2/c1-2-25-19-14-12-17(13-15-19)16-22(24)23-21-11-7-6-10-20(21)18-8-4-3-5-9-18/h3-15H,2,16H2,1H3,(H,23,24). The van der Waals surface area contributed by atoms with Gasteiger partial charge in [-0.05, 0) is 36.2 Å². The number of hydrogen-bond acceptors (Lipinski definition) is 2. The number of anilines is 1. The third kappa shape index (κ3) is 4.48. The lowest BCUT2D eigenvalue weighted by molar-refractivity contribution is -0.115. The van der Waals surface area contributed by atoms with Gasteiger partial charge < -0.3 is 10.1 Å². The highest BCUT2D eigenvalue weighted by Gasteiger charge is 2.09. The zero-order valence-electron chi connectivity index (χ0n) is 14.2. The highest BCUT2D eigenvalue weighted by molar-refractivity contribution is 5.96. The summed E-state index contributed by atoms with van der Waals surface area (Å²) in [5, 5.41) is 3.03. The predicted octanol–water partition coefficient (Wildman–Crippen LogP) is 4.93. The third-order valence-electron chi connectivity index (χ3n) is 3.88. The van der Waals surface area contributed by atoms with Crippen molar-refractivity contribution < 1.29 is 9.53 Å². The minimum atomic E-state index is -0.0347. The molecule has 3 aromatic carbocycles. The molecule has 1 N–H and O–H groups in total. The summed E-state index contributed by atoms with van der Waals surface area (Å²) in [5.74, 6) is 0.786. The van der Waals surface area contributed by atoms with Crippen molar-refractivity contribution >= 4 is 11.6 Å². The molecule has 25 heavy (non-hydrogen) atoms. The van der Waals surface area contributed by atoms with Crippen LogP contribution in [0.5, 0.6) is 5.75 Å². The van der Waals surface area contributed by atoms with Crippen LogP contribution in [0.15, 0.2) is 78.9 Å². The maximum absolute atomic E-state index is 12.4. The van der Waals surface area contributed by atoms with Crippen LogP contribution in [0.1, 0.15) is 12.5 Å². The van der Waals surface area contributed by atoms with E-state index in [1.165, 1.54) is 0 Å². The lowest BCUT2D eigenvalue weighted by Gasteiger charge is -2.11. The molecule has 0 heterocycles. The average molecular weight is 331 g/mol. The Morgan fingerprint density at radius 2 is 1.56 bits per heavy atom. The molecule has 0 aliphatic heterocycles. The van der Waals surface area contributed by atoms with E-state index in [0.29, 0.717) is 13.0 Å². The Morgan fingerprint density at radius 1 is 0.880 bits per heavy atom. The molecule has 0 aromatic heterocycles. The van der Waals surface area contributed by atoms with Crippen LogP contribution in [-0.2, 0) is 11.2 Å². The first-order chi connectivity index (χ1) is 12.3. The van der Waals surface area contributed by atoms with Crippen molar-refractivity contribution in [2.24, 2.45) is 0 Å². The fourth-order valence-electron chi connectivity index (χ4n) is 2.71. The van der Waals surface area contributed by atoms with Gasteiger partial charge in [0, 0.05) is 11.3 Å². The Morgan fingerprint density at radius 3 is 2.28 bits per heavy atom. The number of rotatable bonds is 6. The molecule has 0 spiro atoms. The van der Waals surface area contributed by atoms with Crippen LogP contribution in [0.3, 0.4) is 0 Å². The van der Waals surface area contributed by atoms with E-state index in [-0.39, 0.29) is 5.91 Å². The van der Waals surface area contributed by atoms with Gasteiger partial charge in [0.15, 0.2) is 0 Å². The van der Waals surface area contributed by atoms with E-state index in [0.717, 1.165) is 28.1 Å². The molecule has 3 heteroatoms. The number of carbonyl (C=O) groups is 1. The van der Waals surface area contributed by atoms with E-state index < -0.39 is 0 Å². The lowest BCUT2D eigenvalue weighted by atomic mass is 10.0. The largest absolute Gasteiger partial charge is 0.494 e. The number of amides is 1. The summed E-state index contributed by atoms with van der Waals surface area (Å²) in [6, 6.07) is 25.5. The molecule has 3 aromatic rings. The summed E-state index contributed by atoms with van der Waals surface area (Å²) in [7, 11) is 0. The summed E-state index contributed by atoms with van der Waals surface area (Å²) >= 11 is 0. The summed E-state index contributed by atoms with van der Waals surface area (Å²) in [5.41, 5.74) is 3.88. The second-order valence-corrected chi connectivity index (χ2v) is 5.71. The number of hydrogen-bond donors (Lipinski definition) is 1. The SMILES string of the molecule is CCOc1ccc(CC(=O)Nc2ccccc2-c2ccccc2)cc1. The molecule has 0 radical (unpaired) electrons.